The summed E-state index contributed by atoms with van der Waals surface area (Å²) in [5.41, 5.74) is 3.32. The minimum atomic E-state index is -0.437. The van der Waals surface area contributed by atoms with E-state index in [1.807, 2.05) is 32.0 Å². The Morgan fingerprint density at radius 1 is 1.29 bits per heavy atom. The number of hydrogen-bond acceptors (Lipinski definition) is 4. The maximum absolute atomic E-state index is 14.2. The highest BCUT2D eigenvalue weighted by Gasteiger charge is 2.36. The maximum atomic E-state index is 14.2. The molecule has 1 aromatic heterocycles. The Balaban J connectivity index is 1.64. The van der Waals surface area contributed by atoms with Crippen LogP contribution in [0, 0.1) is 19.7 Å². The zero-order chi connectivity index (χ0) is 19.8. The van der Waals surface area contributed by atoms with Crippen molar-refractivity contribution < 1.29 is 13.7 Å². The monoisotopic (exact) mass is 399 g/mol. The van der Waals surface area contributed by atoms with Crippen LogP contribution < -0.4 is 0 Å². The predicted molar refractivity (Wildman–Crippen MR) is 103 cm³/mol. The fraction of sp³-hybridized carbons (Fsp3) is 0.286. The zero-order valence-electron chi connectivity index (χ0n) is 15.6. The number of carbonyl (C=O) groups excluding carboxylic acids is 1. The van der Waals surface area contributed by atoms with Crippen LogP contribution in [-0.2, 0) is 11.3 Å². The molecule has 0 radical (unpaired) electrons. The van der Waals surface area contributed by atoms with Gasteiger partial charge in [0.2, 0.25) is 17.6 Å². The van der Waals surface area contributed by atoms with Gasteiger partial charge in [0.25, 0.3) is 0 Å². The van der Waals surface area contributed by atoms with Crippen molar-refractivity contribution in [3.05, 3.63) is 69.8 Å². The van der Waals surface area contributed by atoms with Gasteiger partial charge in [0, 0.05) is 22.6 Å². The Morgan fingerprint density at radius 3 is 2.89 bits per heavy atom. The summed E-state index contributed by atoms with van der Waals surface area (Å²) in [5, 5.41) is 4.40. The van der Waals surface area contributed by atoms with Crippen LogP contribution in [0.5, 0.6) is 0 Å². The van der Waals surface area contributed by atoms with E-state index < -0.39 is 11.9 Å². The fourth-order valence-electron chi connectivity index (χ4n) is 3.50. The van der Waals surface area contributed by atoms with Crippen LogP contribution in [0.3, 0.4) is 0 Å². The number of likely N-dealkylation sites (tertiary alicyclic amines) is 1. The van der Waals surface area contributed by atoms with Gasteiger partial charge in [0.15, 0.2) is 0 Å². The summed E-state index contributed by atoms with van der Waals surface area (Å²) < 4.78 is 19.7. The van der Waals surface area contributed by atoms with Crippen molar-refractivity contribution in [2.75, 3.05) is 0 Å². The summed E-state index contributed by atoms with van der Waals surface area (Å²) in [6.07, 6.45) is 0.886. The average molecular weight is 400 g/mol. The second kappa shape index (κ2) is 7.36. The van der Waals surface area contributed by atoms with E-state index in [4.69, 9.17) is 16.1 Å². The highest BCUT2D eigenvalue weighted by Crippen LogP contribution is 2.36. The second-order valence-corrected chi connectivity index (χ2v) is 7.46. The van der Waals surface area contributed by atoms with Gasteiger partial charge in [0.05, 0.1) is 6.54 Å². The molecule has 1 unspecified atom stereocenters. The molecule has 28 heavy (non-hydrogen) atoms. The van der Waals surface area contributed by atoms with Crippen molar-refractivity contribution >= 4 is 17.5 Å². The van der Waals surface area contributed by atoms with E-state index in [1.54, 1.807) is 17.0 Å². The van der Waals surface area contributed by atoms with Crippen LogP contribution in [-0.4, -0.2) is 20.9 Å². The third-order valence-electron chi connectivity index (χ3n) is 5.08. The number of hydrogen-bond donors (Lipinski definition) is 0. The largest absolute Gasteiger partial charge is 0.337 e. The summed E-state index contributed by atoms with van der Waals surface area (Å²) in [4.78, 5) is 18.5. The molecular weight excluding hydrogens is 381 g/mol. The van der Waals surface area contributed by atoms with Crippen LogP contribution in [0.2, 0.25) is 5.02 Å². The van der Waals surface area contributed by atoms with Crippen LogP contribution >= 0.6 is 11.6 Å². The van der Waals surface area contributed by atoms with Crippen molar-refractivity contribution in [2.24, 2.45) is 0 Å². The molecule has 0 aliphatic carbocycles. The Kier molecular flexibility index (Phi) is 4.89. The minimum absolute atomic E-state index is 0.0657. The average Bonchev–Trinajstić information content (AvgIpc) is 3.27. The van der Waals surface area contributed by atoms with Gasteiger partial charge >= 0.3 is 0 Å². The quantitative estimate of drug-likeness (QED) is 0.618. The molecule has 0 spiro atoms. The van der Waals surface area contributed by atoms with Crippen LogP contribution in [0.15, 0.2) is 40.9 Å². The molecule has 4 rings (SSSR count). The molecule has 7 heteroatoms. The van der Waals surface area contributed by atoms with Gasteiger partial charge in [-0.05, 0) is 44.0 Å². The molecule has 3 aromatic rings. The summed E-state index contributed by atoms with van der Waals surface area (Å²) in [6, 6.07) is 10.1. The van der Waals surface area contributed by atoms with Gasteiger partial charge < -0.3 is 9.42 Å². The molecule has 1 amide bonds. The number of aromatic nitrogens is 2. The molecule has 5 nitrogen and oxygen atoms in total. The number of carbonyl (C=O) groups is 1. The predicted octanol–water partition coefficient (Wildman–Crippen LogP) is 5.01. The molecule has 2 aromatic carbocycles. The molecule has 1 atom stereocenters. The van der Waals surface area contributed by atoms with E-state index >= 15 is 0 Å². The van der Waals surface area contributed by atoms with Crippen LogP contribution in [0.25, 0.3) is 11.4 Å². The number of nitrogens with zero attached hydrogens (tertiary/aromatic N) is 3. The Labute approximate surface area is 167 Å². The van der Waals surface area contributed by atoms with E-state index in [0.717, 1.165) is 16.7 Å². The second-order valence-electron chi connectivity index (χ2n) is 7.05. The molecule has 2 heterocycles. The third kappa shape index (κ3) is 3.40. The lowest BCUT2D eigenvalue weighted by atomic mass is 10.1. The first-order chi connectivity index (χ1) is 13.4. The van der Waals surface area contributed by atoms with Crippen LogP contribution in [0.1, 0.15) is 41.5 Å². The fourth-order valence-corrected chi connectivity index (χ4v) is 3.72. The van der Waals surface area contributed by atoms with E-state index in [-0.39, 0.29) is 12.5 Å². The number of aryl methyl sites for hydroxylation is 2. The van der Waals surface area contributed by atoms with Gasteiger partial charge in [-0.3, -0.25) is 4.79 Å². The third-order valence-corrected chi connectivity index (χ3v) is 5.43. The molecule has 1 aliphatic rings. The van der Waals surface area contributed by atoms with Gasteiger partial charge in [-0.15, -0.1) is 0 Å². The molecule has 0 saturated carbocycles. The number of benzene rings is 2. The molecule has 0 N–H and O–H groups in total. The summed E-state index contributed by atoms with van der Waals surface area (Å²) in [7, 11) is 0. The first kappa shape index (κ1) is 18.6. The van der Waals surface area contributed by atoms with E-state index in [1.165, 1.54) is 6.07 Å². The van der Waals surface area contributed by atoms with Gasteiger partial charge in [-0.1, -0.05) is 40.5 Å². The highest BCUT2D eigenvalue weighted by atomic mass is 35.5. The molecule has 1 fully saturated rings. The van der Waals surface area contributed by atoms with Crippen LogP contribution in [0.4, 0.5) is 4.39 Å². The number of amides is 1. The standard InChI is InChI=1S/C21H19ClFN3O2/c1-12-6-7-13(2)14(10-12)20-24-21(28-25-20)18-8-9-19(27)26(18)11-15-16(22)4-3-5-17(15)23/h3-7,10,18H,8-9,11H2,1-2H3. The smallest absolute Gasteiger partial charge is 0.249 e. The van der Waals surface area contributed by atoms with E-state index in [0.29, 0.717) is 35.1 Å². The molecule has 144 valence electrons. The zero-order valence-corrected chi connectivity index (χ0v) is 16.3. The lowest BCUT2D eigenvalue weighted by Crippen LogP contribution is -2.28. The Bertz CT molecular complexity index is 1030. The topological polar surface area (TPSA) is 59.2 Å². The molecule has 1 saturated heterocycles. The SMILES string of the molecule is Cc1ccc(C)c(-c2noc(C3CCC(=O)N3Cc3c(F)cccc3Cl)n2)c1. The van der Waals surface area contributed by atoms with Crippen molar-refractivity contribution in [3.63, 3.8) is 0 Å². The number of rotatable bonds is 4. The molecular formula is C21H19ClFN3O2. The first-order valence-corrected chi connectivity index (χ1v) is 9.45. The summed E-state index contributed by atoms with van der Waals surface area (Å²) in [6.45, 7) is 4.05. The lowest BCUT2D eigenvalue weighted by molar-refractivity contribution is -0.130. The maximum Gasteiger partial charge on any atom is 0.249 e. The van der Waals surface area contributed by atoms with Crippen molar-refractivity contribution in [1.82, 2.24) is 15.0 Å². The van der Waals surface area contributed by atoms with E-state index in [2.05, 4.69) is 10.1 Å². The van der Waals surface area contributed by atoms with Crippen molar-refractivity contribution in [2.45, 2.75) is 39.3 Å². The van der Waals surface area contributed by atoms with E-state index in [9.17, 15) is 9.18 Å². The molecule has 0 bridgehead atoms. The Morgan fingerprint density at radius 2 is 2.11 bits per heavy atom. The van der Waals surface area contributed by atoms with Gasteiger partial charge in [0.1, 0.15) is 11.9 Å². The first-order valence-electron chi connectivity index (χ1n) is 9.07. The van der Waals surface area contributed by atoms with Crippen molar-refractivity contribution in [3.8, 4) is 11.4 Å². The summed E-state index contributed by atoms with van der Waals surface area (Å²) in [5.74, 6) is 0.317. The van der Waals surface area contributed by atoms with Crippen molar-refractivity contribution in [1.29, 1.82) is 0 Å². The highest BCUT2D eigenvalue weighted by molar-refractivity contribution is 6.31. The molecule has 1 aliphatic heterocycles. The minimum Gasteiger partial charge on any atom is -0.337 e. The lowest BCUT2D eigenvalue weighted by Gasteiger charge is -2.22. The normalized spacial score (nSPS) is 16.8. The Hall–Kier alpha value is -2.73. The van der Waals surface area contributed by atoms with Gasteiger partial charge in [-0.25, -0.2) is 4.39 Å². The summed E-state index contributed by atoms with van der Waals surface area (Å²) >= 11 is 6.14. The van der Waals surface area contributed by atoms with Gasteiger partial charge in [-0.2, -0.15) is 4.98 Å². The number of halogens is 2.